The predicted octanol–water partition coefficient (Wildman–Crippen LogP) is 1.05. The van der Waals surface area contributed by atoms with Crippen LogP contribution in [0.3, 0.4) is 0 Å². The van der Waals surface area contributed by atoms with E-state index in [9.17, 15) is 19.7 Å². The van der Waals surface area contributed by atoms with Gasteiger partial charge in [-0.1, -0.05) is 0 Å². The van der Waals surface area contributed by atoms with Crippen LogP contribution in [-0.2, 0) is 14.3 Å². The number of carbonyl (C=O) groups excluding carboxylic acids is 2. The molecule has 10 heteroatoms. The fraction of sp³-hybridized carbons (Fsp3) is 0.533. The van der Waals surface area contributed by atoms with E-state index in [0.717, 1.165) is 11.2 Å². The molecule has 2 heterocycles. The van der Waals surface area contributed by atoms with Crippen LogP contribution < -0.4 is 5.32 Å². The van der Waals surface area contributed by atoms with Gasteiger partial charge in [-0.25, -0.2) is 5.01 Å². The van der Waals surface area contributed by atoms with Crippen molar-refractivity contribution in [1.82, 2.24) is 10.3 Å². The third-order valence-electron chi connectivity index (χ3n) is 3.38. The summed E-state index contributed by atoms with van der Waals surface area (Å²) in [5.41, 5.74) is -1.85. The summed E-state index contributed by atoms with van der Waals surface area (Å²) in [7, 11) is 0. The maximum Gasteiger partial charge on any atom is 0.433 e. The van der Waals surface area contributed by atoms with Gasteiger partial charge in [0.15, 0.2) is 11.3 Å². The molecule has 2 rings (SSSR count). The van der Waals surface area contributed by atoms with Crippen molar-refractivity contribution in [2.75, 3.05) is 13.2 Å². The zero-order valence-electron chi connectivity index (χ0n) is 14.4. The molecule has 0 saturated carbocycles. The van der Waals surface area contributed by atoms with Gasteiger partial charge in [-0.05, 0) is 33.8 Å². The minimum Gasteiger partial charge on any atom is -0.400 e. The average molecular weight is 352 g/mol. The minimum absolute atomic E-state index is 0.0315. The van der Waals surface area contributed by atoms with E-state index < -0.39 is 33.7 Å². The Bertz CT molecular complexity index is 720. The normalized spacial score (nSPS) is 21.6. The smallest absolute Gasteiger partial charge is 0.400 e. The highest BCUT2D eigenvalue weighted by Crippen LogP contribution is 2.23. The molecule has 1 aromatic heterocycles. The first kappa shape index (κ1) is 18.6. The van der Waals surface area contributed by atoms with Crippen LogP contribution in [-0.4, -0.2) is 52.3 Å². The molecule has 0 spiro atoms. The number of morpholine rings is 1. The Morgan fingerprint density at radius 3 is 2.72 bits per heavy atom. The lowest BCUT2D eigenvalue weighted by Crippen LogP contribution is -2.65. The molecule has 1 N–H and O–H groups in total. The van der Waals surface area contributed by atoms with Gasteiger partial charge < -0.3 is 14.5 Å². The largest absolute Gasteiger partial charge is 0.433 e. The fourth-order valence-corrected chi connectivity index (χ4v) is 2.19. The van der Waals surface area contributed by atoms with E-state index >= 15 is 0 Å². The molecular weight excluding hydrogens is 332 g/mol. The molecular formula is C15H20N4O6. The Balaban J connectivity index is 2.26. The second kappa shape index (κ2) is 6.63. The molecule has 10 nitrogen and oxygen atoms in total. The SMILES string of the molecule is CC(C)(C)NC(=O)C1(C)COCC(=O)N1/N=C/c1ccc([N+](=O)[O-])o1. The van der Waals surface area contributed by atoms with Crippen LogP contribution in [0.15, 0.2) is 21.7 Å². The zero-order valence-corrected chi connectivity index (χ0v) is 14.4. The van der Waals surface area contributed by atoms with Crippen LogP contribution >= 0.6 is 0 Å². The highest BCUT2D eigenvalue weighted by molar-refractivity contribution is 5.93. The Kier molecular flexibility index (Phi) is 4.93. The molecule has 0 aliphatic carbocycles. The molecule has 1 unspecified atom stereocenters. The van der Waals surface area contributed by atoms with Crippen molar-refractivity contribution in [3.05, 3.63) is 28.0 Å². The van der Waals surface area contributed by atoms with E-state index in [0.29, 0.717) is 0 Å². The predicted molar refractivity (Wildman–Crippen MR) is 86.9 cm³/mol. The third kappa shape index (κ3) is 4.21. The molecule has 1 aliphatic rings. The topological polar surface area (TPSA) is 127 Å². The standard InChI is InChI=1S/C15H20N4O6/c1-14(2,3)17-13(21)15(4)9-24-8-11(20)18(15)16-7-10-5-6-12(25-10)19(22)23/h5-7H,8-9H2,1-4H3,(H,17,21)/b16-7+. The van der Waals surface area contributed by atoms with Gasteiger partial charge in [0.25, 0.3) is 11.8 Å². The van der Waals surface area contributed by atoms with Crippen LogP contribution in [0.25, 0.3) is 0 Å². The molecule has 0 bridgehead atoms. The third-order valence-corrected chi connectivity index (χ3v) is 3.38. The highest BCUT2D eigenvalue weighted by atomic mass is 16.6. The van der Waals surface area contributed by atoms with Gasteiger partial charge in [0, 0.05) is 5.54 Å². The van der Waals surface area contributed by atoms with Crippen molar-refractivity contribution in [3.8, 4) is 0 Å². The molecule has 1 atom stereocenters. The first-order valence-corrected chi connectivity index (χ1v) is 7.54. The molecule has 1 fully saturated rings. The van der Waals surface area contributed by atoms with E-state index in [1.807, 2.05) is 20.8 Å². The summed E-state index contributed by atoms with van der Waals surface area (Å²) in [6.07, 6.45) is 1.15. The lowest BCUT2D eigenvalue weighted by molar-refractivity contribution is -0.402. The van der Waals surface area contributed by atoms with Gasteiger partial charge in [-0.2, -0.15) is 5.10 Å². The van der Waals surface area contributed by atoms with Crippen molar-refractivity contribution in [3.63, 3.8) is 0 Å². The van der Waals surface area contributed by atoms with Crippen molar-refractivity contribution >= 4 is 23.9 Å². The first-order chi connectivity index (χ1) is 11.5. The Morgan fingerprint density at radius 1 is 1.48 bits per heavy atom. The highest BCUT2D eigenvalue weighted by Gasteiger charge is 2.47. The zero-order chi connectivity index (χ0) is 18.8. The van der Waals surface area contributed by atoms with E-state index in [1.165, 1.54) is 19.1 Å². The summed E-state index contributed by atoms with van der Waals surface area (Å²) >= 11 is 0. The number of hydrogen-bond acceptors (Lipinski definition) is 7. The molecule has 1 aliphatic heterocycles. The van der Waals surface area contributed by atoms with E-state index in [-0.39, 0.29) is 19.0 Å². The number of hydrogen-bond donors (Lipinski definition) is 1. The Morgan fingerprint density at radius 2 is 2.16 bits per heavy atom. The lowest BCUT2D eigenvalue weighted by Gasteiger charge is -2.40. The van der Waals surface area contributed by atoms with Crippen molar-refractivity contribution in [2.45, 2.75) is 38.8 Å². The maximum atomic E-state index is 12.6. The minimum atomic E-state index is -1.35. The van der Waals surface area contributed by atoms with Crippen molar-refractivity contribution < 1.29 is 23.7 Å². The molecule has 136 valence electrons. The molecule has 1 aromatic rings. The fourth-order valence-electron chi connectivity index (χ4n) is 2.19. The van der Waals surface area contributed by atoms with Gasteiger partial charge in [0.05, 0.1) is 18.9 Å². The summed E-state index contributed by atoms with van der Waals surface area (Å²) in [6, 6.07) is 2.52. The van der Waals surface area contributed by atoms with E-state index in [1.54, 1.807) is 0 Å². The van der Waals surface area contributed by atoms with Gasteiger partial charge in [0.1, 0.15) is 11.5 Å². The molecule has 0 radical (unpaired) electrons. The van der Waals surface area contributed by atoms with E-state index in [2.05, 4.69) is 10.4 Å². The molecule has 0 aromatic carbocycles. The second-order valence-corrected chi connectivity index (χ2v) is 6.85. The average Bonchev–Trinajstić information content (AvgIpc) is 2.94. The summed E-state index contributed by atoms with van der Waals surface area (Å²) in [5.74, 6) is -1.28. The number of hydrazone groups is 1. The molecule has 1 saturated heterocycles. The van der Waals surface area contributed by atoms with Crippen LogP contribution in [0.2, 0.25) is 0 Å². The molecule has 2 amide bonds. The maximum absolute atomic E-state index is 12.6. The lowest BCUT2D eigenvalue weighted by atomic mass is 9.97. The number of nitro groups is 1. The van der Waals surface area contributed by atoms with Gasteiger partial charge in [-0.3, -0.25) is 19.7 Å². The van der Waals surface area contributed by atoms with E-state index in [4.69, 9.17) is 9.15 Å². The van der Waals surface area contributed by atoms with Gasteiger partial charge >= 0.3 is 5.88 Å². The Hall–Kier alpha value is -2.75. The summed E-state index contributed by atoms with van der Waals surface area (Å²) < 4.78 is 10.2. The molecule has 25 heavy (non-hydrogen) atoms. The number of ether oxygens (including phenoxy) is 1. The number of rotatable bonds is 4. The van der Waals surface area contributed by atoms with Crippen LogP contribution in [0.4, 0.5) is 5.88 Å². The quantitative estimate of drug-likeness (QED) is 0.490. The number of amides is 2. The summed E-state index contributed by atoms with van der Waals surface area (Å²) in [6.45, 7) is 6.73. The Labute approximate surface area is 143 Å². The van der Waals surface area contributed by atoms with Gasteiger partial charge in [-0.15, -0.1) is 0 Å². The van der Waals surface area contributed by atoms with Crippen molar-refractivity contribution in [2.24, 2.45) is 5.10 Å². The number of nitrogens with zero attached hydrogens (tertiary/aromatic N) is 3. The second-order valence-electron chi connectivity index (χ2n) is 6.85. The summed E-state index contributed by atoms with van der Waals surface area (Å²) in [5, 5.41) is 18.5. The first-order valence-electron chi connectivity index (χ1n) is 7.54. The monoisotopic (exact) mass is 352 g/mol. The van der Waals surface area contributed by atoms with Crippen LogP contribution in [0, 0.1) is 10.1 Å². The summed E-state index contributed by atoms with van der Waals surface area (Å²) in [4.78, 5) is 34.8. The number of furan rings is 1. The van der Waals surface area contributed by atoms with Crippen LogP contribution in [0.1, 0.15) is 33.5 Å². The van der Waals surface area contributed by atoms with Gasteiger partial charge in [0.2, 0.25) is 0 Å². The number of carbonyl (C=O) groups is 2. The van der Waals surface area contributed by atoms with Crippen LogP contribution in [0.5, 0.6) is 0 Å². The van der Waals surface area contributed by atoms with Crippen molar-refractivity contribution in [1.29, 1.82) is 0 Å². The number of nitrogens with one attached hydrogen (secondary N) is 1.